The molecule has 18 heavy (non-hydrogen) atoms. The van der Waals surface area contributed by atoms with Crippen molar-refractivity contribution in [2.45, 2.75) is 51.6 Å². The Hall–Kier alpha value is -1.09. The molecule has 1 fully saturated rings. The van der Waals surface area contributed by atoms with Crippen LogP contribution in [-0.2, 0) is 0 Å². The van der Waals surface area contributed by atoms with Crippen molar-refractivity contribution >= 4 is 5.82 Å². The highest BCUT2D eigenvalue weighted by molar-refractivity contribution is 5.40. The van der Waals surface area contributed by atoms with E-state index in [0.29, 0.717) is 12.1 Å². The first-order valence-electron chi connectivity index (χ1n) is 7.14. The number of hydrogen-bond acceptors (Lipinski definition) is 3. The second-order valence-electron chi connectivity index (χ2n) is 5.28. The third-order valence-corrected chi connectivity index (χ3v) is 4.01. The van der Waals surface area contributed by atoms with Gasteiger partial charge in [-0.1, -0.05) is 25.8 Å². The average molecular weight is 247 g/mol. The summed E-state index contributed by atoms with van der Waals surface area (Å²) in [5.41, 5.74) is 1.26. The third kappa shape index (κ3) is 3.02. The van der Waals surface area contributed by atoms with Gasteiger partial charge in [-0.15, -0.1) is 0 Å². The van der Waals surface area contributed by atoms with Crippen LogP contribution >= 0.6 is 0 Å². The number of nitrogens with one attached hydrogen (secondary N) is 1. The summed E-state index contributed by atoms with van der Waals surface area (Å²) < 4.78 is 0. The first kappa shape index (κ1) is 13.3. The molecule has 1 aliphatic rings. The molecule has 1 atom stereocenters. The third-order valence-electron chi connectivity index (χ3n) is 4.01. The second kappa shape index (κ2) is 6.19. The van der Waals surface area contributed by atoms with Crippen LogP contribution in [0.4, 0.5) is 5.82 Å². The van der Waals surface area contributed by atoms with E-state index in [4.69, 9.17) is 0 Å². The van der Waals surface area contributed by atoms with Gasteiger partial charge in [-0.25, -0.2) is 4.98 Å². The fourth-order valence-electron chi connectivity index (χ4n) is 2.76. The van der Waals surface area contributed by atoms with E-state index in [9.17, 15) is 0 Å². The highest BCUT2D eigenvalue weighted by Gasteiger charge is 2.20. The Bertz CT molecular complexity index is 355. The van der Waals surface area contributed by atoms with E-state index in [1.165, 1.54) is 31.2 Å². The highest BCUT2D eigenvalue weighted by atomic mass is 15.2. The fraction of sp³-hybridized carbons (Fsp3) is 0.667. The van der Waals surface area contributed by atoms with E-state index in [0.717, 1.165) is 12.4 Å². The minimum atomic E-state index is 0.383. The van der Waals surface area contributed by atoms with Crippen molar-refractivity contribution in [2.75, 3.05) is 18.5 Å². The molecular weight excluding hydrogens is 222 g/mol. The molecule has 0 amide bonds. The van der Waals surface area contributed by atoms with E-state index < -0.39 is 0 Å². The lowest BCUT2D eigenvalue weighted by Gasteiger charge is -2.25. The molecule has 0 spiro atoms. The zero-order valence-corrected chi connectivity index (χ0v) is 11.8. The summed E-state index contributed by atoms with van der Waals surface area (Å²) in [5, 5.41) is 3.41. The first-order chi connectivity index (χ1) is 8.72. The van der Waals surface area contributed by atoms with E-state index in [-0.39, 0.29) is 0 Å². The van der Waals surface area contributed by atoms with Crippen molar-refractivity contribution < 1.29 is 0 Å². The van der Waals surface area contributed by atoms with Gasteiger partial charge in [0, 0.05) is 25.3 Å². The Morgan fingerprint density at radius 2 is 2.11 bits per heavy atom. The summed E-state index contributed by atoms with van der Waals surface area (Å²) in [6, 6.07) is 5.42. The van der Waals surface area contributed by atoms with Gasteiger partial charge in [-0.2, -0.15) is 0 Å². The van der Waals surface area contributed by atoms with Crippen molar-refractivity contribution in [2.24, 2.45) is 0 Å². The molecule has 0 saturated heterocycles. The SMILES string of the molecule is CCNC(C)c1ccc(N(C)C2CCCC2)nc1. The molecule has 100 valence electrons. The van der Waals surface area contributed by atoms with Crippen molar-refractivity contribution in [3.8, 4) is 0 Å². The molecule has 2 rings (SSSR count). The fourth-order valence-corrected chi connectivity index (χ4v) is 2.76. The lowest BCUT2D eigenvalue weighted by molar-refractivity contribution is 0.595. The van der Waals surface area contributed by atoms with Gasteiger partial charge >= 0.3 is 0 Å². The molecular formula is C15H25N3. The predicted molar refractivity (Wildman–Crippen MR) is 77.0 cm³/mol. The van der Waals surface area contributed by atoms with Gasteiger partial charge in [0.15, 0.2) is 0 Å². The molecule has 1 aromatic heterocycles. The Balaban J connectivity index is 2.02. The number of pyridine rings is 1. The van der Waals surface area contributed by atoms with Gasteiger partial charge in [-0.05, 0) is 37.9 Å². The maximum Gasteiger partial charge on any atom is 0.128 e. The molecule has 0 bridgehead atoms. The second-order valence-corrected chi connectivity index (χ2v) is 5.28. The maximum atomic E-state index is 4.61. The minimum Gasteiger partial charge on any atom is -0.357 e. The smallest absolute Gasteiger partial charge is 0.128 e. The quantitative estimate of drug-likeness (QED) is 0.866. The molecule has 1 N–H and O–H groups in total. The van der Waals surface area contributed by atoms with Gasteiger partial charge in [0.1, 0.15) is 5.82 Å². The molecule has 1 aliphatic carbocycles. The molecule has 1 unspecified atom stereocenters. The largest absolute Gasteiger partial charge is 0.357 e. The van der Waals surface area contributed by atoms with Crippen LogP contribution in [0.2, 0.25) is 0 Å². The van der Waals surface area contributed by atoms with Gasteiger partial charge in [0.2, 0.25) is 0 Å². The standard InChI is InChI=1S/C15H25N3/c1-4-16-12(2)13-9-10-15(17-11-13)18(3)14-7-5-6-8-14/h9-12,14,16H,4-8H2,1-3H3. The van der Waals surface area contributed by atoms with Gasteiger partial charge in [0.25, 0.3) is 0 Å². The summed E-state index contributed by atoms with van der Waals surface area (Å²) >= 11 is 0. The van der Waals surface area contributed by atoms with E-state index in [1.807, 2.05) is 6.20 Å². The van der Waals surface area contributed by atoms with Gasteiger partial charge < -0.3 is 10.2 Å². The van der Waals surface area contributed by atoms with Crippen LogP contribution in [0.15, 0.2) is 18.3 Å². The number of hydrogen-bond donors (Lipinski definition) is 1. The van der Waals surface area contributed by atoms with Crippen LogP contribution in [0, 0.1) is 0 Å². The minimum absolute atomic E-state index is 0.383. The van der Waals surface area contributed by atoms with Crippen molar-refractivity contribution in [3.63, 3.8) is 0 Å². The lowest BCUT2D eigenvalue weighted by Crippen LogP contribution is -2.29. The maximum absolute atomic E-state index is 4.61. The molecule has 1 heterocycles. The summed E-state index contributed by atoms with van der Waals surface area (Å²) in [5.74, 6) is 1.11. The molecule has 1 aromatic rings. The number of anilines is 1. The van der Waals surface area contributed by atoms with E-state index in [2.05, 4.69) is 48.2 Å². The molecule has 1 saturated carbocycles. The van der Waals surface area contributed by atoms with Crippen LogP contribution in [0.25, 0.3) is 0 Å². The van der Waals surface area contributed by atoms with Crippen LogP contribution in [-0.4, -0.2) is 24.6 Å². The zero-order valence-electron chi connectivity index (χ0n) is 11.8. The average Bonchev–Trinajstić information content (AvgIpc) is 2.92. The highest BCUT2D eigenvalue weighted by Crippen LogP contribution is 2.26. The number of aromatic nitrogens is 1. The van der Waals surface area contributed by atoms with Gasteiger partial charge in [0.05, 0.1) is 0 Å². The summed E-state index contributed by atoms with van der Waals surface area (Å²) in [6.45, 7) is 5.30. The molecule has 3 nitrogen and oxygen atoms in total. The topological polar surface area (TPSA) is 28.2 Å². The van der Waals surface area contributed by atoms with E-state index in [1.54, 1.807) is 0 Å². The Labute approximate surface area is 111 Å². The number of rotatable bonds is 5. The first-order valence-corrected chi connectivity index (χ1v) is 7.14. The molecule has 3 heteroatoms. The van der Waals surface area contributed by atoms with Crippen molar-refractivity contribution in [1.82, 2.24) is 10.3 Å². The van der Waals surface area contributed by atoms with Crippen LogP contribution in [0.3, 0.4) is 0 Å². The van der Waals surface area contributed by atoms with Crippen molar-refractivity contribution in [3.05, 3.63) is 23.9 Å². The monoisotopic (exact) mass is 247 g/mol. The van der Waals surface area contributed by atoms with E-state index >= 15 is 0 Å². The summed E-state index contributed by atoms with van der Waals surface area (Å²) in [7, 11) is 2.17. The normalized spacial score (nSPS) is 17.9. The van der Waals surface area contributed by atoms with Crippen LogP contribution < -0.4 is 10.2 Å². The Morgan fingerprint density at radius 3 is 2.67 bits per heavy atom. The molecule has 0 aromatic carbocycles. The molecule has 0 radical (unpaired) electrons. The number of nitrogens with zero attached hydrogens (tertiary/aromatic N) is 2. The zero-order chi connectivity index (χ0) is 13.0. The Kier molecular flexibility index (Phi) is 4.59. The Morgan fingerprint density at radius 1 is 1.39 bits per heavy atom. The lowest BCUT2D eigenvalue weighted by atomic mass is 10.1. The van der Waals surface area contributed by atoms with Crippen molar-refractivity contribution in [1.29, 1.82) is 0 Å². The summed E-state index contributed by atoms with van der Waals surface area (Å²) in [6.07, 6.45) is 7.37. The van der Waals surface area contributed by atoms with Gasteiger partial charge in [-0.3, -0.25) is 0 Å². The summed E-state index contributed by atoms with van der Waals surface area (Å²) in [4.78, 5) is 6.95. The molecule has 0 aliphatic heterocycles. The van der Waals surface area contributed by atoms with Crippen LogP contribution in [0.1, 0.15) is 51.1 Å². The predicted octanol–water partition coefficient (Wildman–Crippen LogP) is 3.13. The van der Waals surface area contributed by atoms with Crippen LogP contribution in [0.5, 0.6) is 0 Å².